The van der Waals surface area contributed by atoms with E-state index in [-0.39, 0.29) is 12.3 Å². The third-order valence-electron chi connectivity index (χ3n) is 3.98. The van der Waals surface area contributed by atoms with Gasteiger partial charge in [-0.05, 0) is 42.7 Å². The maximum absolute atomic E-state index is 12.2. The van der Waals surface area contributed by atoms with Gasteiger partial charge in [-0.25, -0.2) is 9.78 Å². The summed E-state index contributed by atoms with van der Waals surface area (Å²) in [5.41, 5.74) is 2.33. The number of aryl methyl sites for hydroxylation is 2. The van der Waals surface area contributed by atoms with Gasteiger partial charge in [-0.2, -0.15) is 0 Å². The quantitative estimate of drug-likeness (QED) is 0.545. The number of nitrogens with zero attached hydrogens (tertiary/aromatic N) is 1. The number of amides is 1. The molecule has 0 aliphatic heterocycles. The lowest BCUT2D eigenvalue weighted by Gasteiger charge is -2.11. The number of carbonyl (C=O) groups is 1. The molecule has 1 amide bonds. The van der Waals surface area contributed by atoms with Crippen LogP contribution in [-0.4, -0.2) is 18.0 Å². The molecule has 0 saturated carbocycles. The second-order valence-electron chi connectivity index (χ2n) is 5.82. The smallest absolute Gasteiger partial charge is 0.336 e. The molecule has 3 aromatic rings. The van der Waals surface area contributed by atoms with Crippen molar-refractivity contribution >= 4 is 34.2 Å². The van der Waals surface area contributed by atoms with Gasteiger partial charge >= 0.3 is 5.63 Å². The molecule has 6 nitrogen and oxygen atoms in total. The van der Waals surface area contributed by atoms with Crippen molar-refractivity contribution < 1.29 is 13.9 Å². The number of aromatic nitrogens is 1. The van der Waals surface area contributed by atoms with Crippen molar-refractivity contribution in [1.29, 1.82) is 0 Å². The molecule has 0 saturated heterocycles. The molecular formula is C19H17ClN2O4. The number of hydrogen-bond acceptors (Lipinski definition) is 5. The highest BCUT2D eigenvalue weighted by Crippen LogP contribution is 2.28. The Hall–Kier alpha value is -2.86. The number of rotatable bonds is 5. The minimum absolute atomic E-state index is 0.147. The number of halogens is 1. The first-order valence-electron chi connectivity index (χ1n) is 7.99. The Labute approximate surface area is 154 Å². The molecule has 2 aromatic heterocycles. The van der Waals surface area contributed by atoms with Gasteiger partial charge in [0.1, 0.15) is 16.5 Å². The molecule has 0 atom stereocenters. The second kappa shape index (κ2) is 7.58. The van der Waals surface area contributed by atoms with Crippen LogP contribution in [0.15, 0.2) is 45.7 Å². The number of methoxy groups -OCH3 is 1. The van der Waals surface area contributed by atoms with Crippen LogP contribution >= 0.6 is 11.6 Å². The fraction of sp³-hybridized carbons (Fsp3) is 0.211. The Morgan fingerprint density at radius 2 is 2.12 bits per heavy atom. The first kappa shape index (κ1) is 17.9. The highest BCUT2D eigenvalue weighted by atomic mass is 35.5. The minimum atomic E-state index is -0.403. The Morgan fingerprint density at radius 1 is 1.31 bits per heavy atom. The highest BCUT2D eigenvalue weighted by molar-refractivity contribution is 6.29. The summed E-state index contributed by atoms with van der Waals surface area (Å²) in [6.45, 7) is 1.84. The molecule has 0 bridgehead atoms. The number of pyridine rings is 1. The van der Waals surface area contributed by atoms with Crippen LogP contribution in [0.4, 0.5) is 5.69 Å². The predicted octanol–water partition coefficient (Wildman–Crippen LogP) is 3.73. The van der Waals surface area contributed by atoms with E-state index in [1.807, 2.05) is 13.0 Å². The molecule has 0 spiro atoms. The van der Waals surface area contributed by atoms with Gasteiger partial charge in [0.2, 0.25) is 5.91 Å². The van der Waals surface area contributed by atoms with E-state index in [2.05, 4.69) is 10.3 Å². The minimum Gasteiger partial charge on any atom is -0.496 e. The molecule has 0 aliphatic rings. The van der Waals surface area contributed by atoms with E-state index in [9.17, 15) is 9.59 Å². The zero-order valence-electron chi connectivity index (χ0n) is 14.3. The van der Waals surface area contributed by atoms with Gasteiger partial charge in [0.25, 0.3) is 0 Å². The topological polar surface area (TPSA) is 81.4 Å². The summed E-state index contributed by atoms with van der Waals surface area (Å²) in [6, 6.07) is 8.27. The van der Waals surface area contributed by atoms with E-state index in [1.165, 1.54) is 19.4 Å². The van der Waals surface area contributed by atoms with Gasteiger partial charge in [-0.15, -0.1) is 0 Å². The molecule has 0 radical (unpaired) electrons. The molecule has 2 heterocycles. The average Bonchev–Trinajstić information content (AvgIpc) is 2.59. The summed E-state index contributed by atoms with van der Waals surface area (Å²) in [5, 5.41) is 3.92. The van der Waals surface area contributed by atoms with Crippen LogP contribution in [0, 0.1) is 6.92 Å². The van der Waals surface area contributed by atoms with E-state index in [1.54, 1.807) is 18.2 Å². The zero-order chi connectivity index (χ0) is 18.7. The Bertz CT molecular complexity index is 1030. The summed E-state index contributed by atoms with van der Waals surface area (Å²) in [6.07, 6.45) is 2.26. The molecule has 0 fully saturated rings. The van der Waals surface area contributed by atoms with Gasteiger partial charge in [-0.3, -0.25) is 4.79 Å². The lowest BCUT2D eigenvalue weighted by atomic mass is 10.0. The summed E-state index contributed by atoms with van der Waals surface area (Å²) in [4.78, 5) is 27.6. The van der Waals surface area contributed by atoms with Gasteiger partial charge in [-0.1, -0.05) is 11.6 Å². The maximum atomic E-state index is 12.2. The third kappa shape index (κ3) is 4.03. The average molecular weight is 373 g/mol. The first-order chi connectivity index (χ1) is 12.5. The van der Waals surface area contributed by atoms with Crippen molar-refractivity contribution in [1.82, 2.24) is 4.98 Å². The summed E-state index contributed by atoms with van der Waals surface area (Å²) in [7, 11) is 1.54. The number of carbonyl (C=O) groups excluding carboxylic acids is 1. The van der Waals surface area contributed by atoms with E-state index in [4.69, 9.17) is 20.8 Å². The van der Waals surface area contributed by atoms with Crippen LogP contribution in [0.5, 0.6) is 5.75 Å². The summed E-state index contributed by atoms with van der Waals surface area (Å²) in [5.74, 6) is 0.428. The van der Waals surface area contributed by atoms with E-state index >= 15 is 0 Å². The third-order valence-corrected chi connectivity index (χ3v) is 4.19. The first-order valence-corrected chi connectivity index (χ1v) is 8.37. The summed E-state index contributed by atoms with van der Waals surface area (Å²) < 4.78 is 10.6. The second-order valence-corrected chi connectivity index (χ2v) is 6.21. The molecule has 0 unspecified atom stereocenters. The Kier molecular flexibility index (Phi) is 5.23. The van der Waals surface area contributed by atoms with Crippen LogP contribution in [0.25, 0.3) is 11.0 Å². The fourth-order valence-corrected chi connectivity index (χ4v) is 2.90. The maximum Gasteiger partial charge on any atom is 0.336 e. The van der Waals surface area contributed by atoms with Crippen LogP contribution in [0.1, 0.15) is 17.5 Å². The molecule has 1 N–H and O–H groups in total. The van der Waals surface area contributed by atoms with Crippen LogP contribution in [0.3, 0.4) is 0 Å². The van der Waals surface area contributed by atoms with Crippen molar-refractivity contribution in [2.75, 3.05) is 12.4 Å². The number of hydrogen-bond donors (Lipinski definition) is 1. The number of anilines is 1. The number of nitrogens with one attached hydrogen (secondary N) is 1. The van der Waals surface area contributed by atoms with Crippen LogP contribution < -0.4 is 15.7 Å². The predicted molar refractivity (Wildman–Crippen MR) is 100.0 cm³/mol. The van der Waals surface area contributed by atoms with Crippen LogP contribution in [-0.2, 0) is 11.2 Å². The SMILES string of the molecule is COc1cc2oc(=O)cc(C)c2cc1CCC(=O)Nc1ccnc(Cl)c1. The van der Waals surface area contributed by atoms with Crippen molar-refractivity contribution in [3.63, 3.8) is 0 Å². The molecular weight excluding hydrogens is 356 g/mol. The zero-order valence-corrected chi connectivity index (χ0v) is 15.1. The number of ether oxygens (including phenoxy) is 1. The van der Waals surface area contributed by atoms with Crippen molar-refractivity contribution in [2.45, 2.75) is 19.8 Å². The van der Waals surface area contributed by atoms with Crippen molar-refractivity contribution in [2.24, 2.45) is 0 Å². The van der Waals surface area contributed by atoms with Crippen molar-refractivity contribution in [3.05, 3.63) is 63.2 Å². The Balaban J connectivity index is 1.79. The highest BCUT2D eigenvalue weighted by Gasteiger charge is 2.12. The van der Waals surface area contributed by atoms with Crippen molar-refractivity contribution in [3.8, 4) is 5.75 Å². The van der Waals surface area contributed by atoms with Crippen LogP contribution in [0.2, 0.25) is 5.15 Å². The van der Waals surface area contributed by atoms with Gasteiger partial charge in [0.05, 0.1) is 7.11 Å². The Morgan fingerprint density at radius 3 is 2.85 bits per heavy atom. The van der Waals surface area contributed by atoms with Gasteiger partial charge in [0.15, 0.2) is 0 Å². The number of fused-ring (bicyclic) bond motifs is 1. The monoisotopic (exact) mass is 372 g/mol. The molecule has 1 aromatic carbocycles. The van der Waals surface area contributed by atoms with Gasteiger partial charge < -0.3 is 14.5 Å². The van der Waals surface area contributed by atoms with Gasteiger partial charge in [0, 0.05) is 35.8 Å². The summed E-state index contributed by atoms with van der Waals surface area (Å²) >= 11 is 5.81. The normalized spacial score (nSPS) is 10.7. The van der Waals surface area contributed by atoms with E-state index in [0.29, 0.717) is 28.6 Å². The lowest BCUT2D eigenvalue weighted by Crippen LogP contribution is -2.12. The number of benzene rings is 1. The lowest BCUT2D eigenvalue weighted by molar-refractivity contribution is -0.116. The fourth-order valence-electron chi connectivity index (χ4n) is 2.73. The molecule has 0 aliphatic carbocycles. The van der Waals surface area contributed by atoms with E-state index in [0.717, 1.165) is 16.5 Å². The molecule has 7 heteroatoms. The molecule has 26 heavy (non-hydrogen) atoms. The molecule has 134 valence electrons. The standard InChI is InChI=1S/C19H17ClN2O4/c1-11-7-19(24)26-16-10-15(25-2)12(8-14(11)16)3-4-18(23)22-13-5-6-21-17(20)9-13/h5-10H,3-4H2,1-2H3,(H,21,22,23). The molecule has 3 rings (SSSR count). The van der Waals surface area contributed by atoms with E-state index < -0.39 is 5.63 Å². The largest absolute Gasteiger partial charge is 0.496 e.